The van der Waals surface area contributed by atoms with E-state index in [1.807, 2.05) is 13.8 Å². The van der Waals surface area contributed by atoms with Gasteiger partial charge >= 0.3 is 0 Å². The molecule has 1 heterocycles. The molecular formula is C16H30N2O2. The number of carbonyl (C=O) groups is 2. The van der Waals surface area contributed by atoms with Crippen molar-refractivity contribution in [1.82, 2.24) is 10.2 Å². The average molecular weight is 282 g/mol. The Hall–Kier alpha value is -1.06. The fourth-order valence-electron chi connectivity index (χ4n) is 2.75. The minimum Gasteiger partial charge on any atom is -0.342 e. The van der Waals surface area contributed by atoms with Crippen LogP contribution in [-0.4, -0.2) is 34.8 Å². The van der Waals surface area contributed by atoms with E-state index < -0.39 is 0 Å². The van der Waals surface area contributed by atoms with Crippen molar-refractivity contribution in [2.45, 2.75) is 78.9 Å². The first-order valence-electron chi connectivity index (χ1n) is 7.92. The predicted octanol–water partition coefficient (Wildman–Crippen LogP) is 2.57. The number of hydrogen-bond donors (Lipinski definition) is 1. The van der Waals surface area contributed by atoms with Crippen LogP contribution in [-0.2, 0) is 9.59 Å². The molecule has 1 saturated heterocycles. The maximum atomic E-state index is 12.7. The molecule has 0 aliphatic carbocycles. The third-order valence-corrected chi connectivity index (χ3v) is 4.46. The van der Waals surface area contributed by atoms with Crippen LogP contribution in [0.3, 0.4) is 0 Å². The molecule has 4 nitrogen and oxygen atoms in total. The van der Waals surface area contributed by atoms with Gasteiger partial charge in [0.15, 0.2) is 0 Å². The number of nitrogens with zero attached hydrogens (tertiary/aromatic N) is 1. The van der Waals surface area contributed by atoms with Crippen LogP contribution in [0.5, 0.6) is 0 Å². The van der Waals surface area contributed by atoms with Gasteiger partial charge < -0.3 is 10.2 Å². The van der Waals surface area contributed by atoms with Crippen molar-refractivity contribution >= 4 is 11.8 Å². The van der Waals surface area contributed by atoms with Gasteiger partial charge in [-0.15, -0.1) is 0 Å². The van der Waals surface area contributed by atoms with E-state index in [4.69, 9.17) is 0 Å². The van der Waals surface area contributed by atoms with E-state index in [0.29, 0.717) is 5.92 Å². The van der Waals surface area contributed by atoms with Crippen molar-refractivity contribution in [3.05, 3.63) is 0 Å². The summed E-state index contributed by atoms with van der Waals surface area (Å²) < 4.78 is 0. The van der Waals surface area contributed by atoms with Gasteiger partial charge in [0.25, 0.3) is 0 Å². The number of amides is 2. The Labute approximate surface area is 123 Å². The molecular weight excluding hydrogens is 252 g/mol. The lowest BCUT2D eigenvalue weighted by Gasteiger charge is -2.42. The molecule has 0 aromatic carbocycles. The van der Waals surface area contributed by atoms with E-state index in [0.717, 1.165) is 19.3 Å². The fourth-order valence-corrected chi connectivity index (χ4v) is 2.75. The Kier molecular flexibility index (Phi) is 6.03. The van der Waals surface area contributed by atoms with Crippen LogP contribution in [0.15, 0.2) is 0 Å². The van der Waals surface area contributed by atoms with Gasteiger partial charge in [-0.25, -0.2) is 0 Å². The molecule has 0 aromatic heterocycles. The average Bonchev–Trinajstić information content (AvgIpc) is 2.39. The second-order valence-corrected chi connectivity index (χ2v) is 6.61. The van der Waals surface area contributed by atoms with Crippen molar-refractivity contribution in [2.24, 2.45) is 11.8 Å². The number of hydrogen-bond acceptors (Lipinski definition) is 2. The largest absolute Gasteiger partial charge is 0.342 e. The van der Waals surface area contributed by atoms with Gasteiger partial charge in [0.1, 0.15) is 12.1 Å². The molecule has 0 aromatic rings. The van der Waals surface area contributed by atoms with Crippen LogP contribution in [0.25, 0.3) is 0 Å². The molecule has 4 heteroatoms. The fraction of sp³-hybridized carbons (Fsp3) is 0.875. The lowest BCUT2D eigenvalue weighted by molar-refractivity contribution is -0.152. The third-order valence-electron chi connectivity index (χ3n) is 4.46. The monoisotopic (exact) mass is 282 g/mol. The van der Waals surface area contributed by atoms with E-state index in [9.17, 15) is 9.59 Å². The van der Waals surface area contributed by atoms with Gasteiger partial charge in [-0.1, -0.05) is 34.1 Å². The van der Waals surface area contributed by atoms with Crippen LogP contribution in [0.4, 0.5) is 0 Å². The summed E-state index contributed by atoms with van der Waals surface area (Å²) in [5, 5.41) is 2.89. The summed E-state index contributed by atoms with van der Waals surface area (Å²) in [6.07, 6.45) is 2.92. The minimum atomic E-state index is -0.357. The van der Waals surface area contributed by atoms with Crippen molar-refractivity contribution in [1.29, 1.82) is 0 Å². The summed E-state index contributed by atoms with van der Waals surface area (Å²) in [7, 11) is 0. The van der Waals surface area contributed by atoms with Crippen LogP contribution in [0.1, 0.15) is 60.8 Å². The van der Waals surface area contributed by atoms with Crippen LogP contribution < -0.4 is 5.32 Å². The zero-order valence-corrected chi connectivity index (χ0v) is 13.8. The Bertz CT molecular complexity index is 354. The normalized spacial score (nSPS) is 26.6. The minimum absolute atomic E-state index is 0.0219. The Morgan fingerprint density at radius 2 is 1.75 bits per heavy atom. The van der Waals surface area contributed by atoms with Crippen molar-refractivity contribution in [2.75, 3.05) is 0 Å². The molecule has 116 valence electrons. The van der Waals surface area contributed by atoms with E-state index in [2.05, 4.69) is 33.0 Å². The standard InChI is InChI=1S/C16H30N2O2/c1-7-11(4)14-16(20)18(13(6)15(19)17-14)12(5)9-8-10(2)3/h10-14H,7-9H2,1-6H3,(H,17,19). The summed E-state index contributed by atoms with van der Waals surface area (Å²) in [4.78, 5) is 26.6. The Morgan fingerprint density at radius 3 is 2.25 bits per heavy atom. The molecule has 1 aliphatic rings. The third kappa shape index (κ3) is 3.74. The lowest BCUT2D eigenvalue weighted by Crippen LogP contribution is -2.65. The van der Waals surface area contributed by atoms with E-state index in [1.54, 1.807) is 4.90 Å². The quantitative estimate of drug-likeness (QED) is 0.814. The smallest absolute Gasteiger partial charge is 0.246 e. The predicted molar refractivity (Wildman–Crippen MR) is 81.2 cm³/mol. The first-order chi connectivity index (χ1) is 9.29. The van der Waals surface area contributed by atoms with Crippen molar-refractivity contribution < 1.29 is 9.59 Å². The number of rotatable bonds is 6. The summed E-state index contributed by atoms with van der Waals surface area (Å²) in [6, 6.07) is -0.590. The van der Waals surface area contributed by atoms with E-state index >= 15 is 0 Å². The molecule has 1 rings (SSSR count). The van der Waals surface area contributed by atoms with E-state index in [1.165, 1.54) is 0 Å². The SMILES string of the molecule is CCC(C)C1NC(=O)C(C)N(C(C)CCC(C)C)C1=O. The highest BCUT2D eigenvalue weighted by Crippen LogP contribution is 2.22. The highest BCUT2D eigenvalue weighted by Gasteiger charge is 2.41. The molecule has 2 amide bonds. The highest BCUT2D eigenvalue weighted by molar-refractivity contribution is 5.97. The molecule has 0 spiro atoms. The summed E-state index contributed by atoms with van der Waals surface area (Å²) >= 11 is 0. The van der Waals surface area contributed by atoms with Gasteiger partial charge in [-0.05, 0) is 38.5 Å². The van der Waals surface area contributed by atoms with Gasteiger partial charge in [0, 0.05) is 6.04 Å². The number of nitrogens with one attached hydrogen (secondary N) is 1. The first kappa shape index (κ1) is 17.0. The van der Waals surface area contributed by atoms with Gasteiger partial charge in [-0.3, -0.25) is 9.59 Å². The summed E-state index contributed by atoms with van der Waals surface area (Å²) in [6.45, 7) is 12.3. The topological polar surface area (TPSA) is 49.4 Å². The number of piperazine rings is 1. The molecule has 1 aliphatic heterocycles. The molecule has 0 saturated carbocycles. The van der Waals surface area contributed by atoms with Gasteiger partial charge in [0.2, 0.25) is 11.8 Å². The maximum absolute atomic E-state index is 12.7. The lowest BCUT2D eigenvalue weighted by atomic mass is 9.92. The second-order valence-electron chi connectivity index (χ2n) is 6.61. The maximum Gasteiger partial charge on any atom is 0.246 e. The molecule has 4 atom stereocenters. The van der Waals surface area contributed by atoms with E-state index in [-0.39, 0.29) is 35.9 Å². The molecule has 20 heavy (non-hydrogen) atoms. The molecule has 0 radical (unpaired) electrons. The zero-order valence-electron chi connectivity index (χ0n) is 13.8. The summed E-state index contributed by atoms with van der Waals surface area (Å²) in [5.41, 5.74) is 0. The Balaban J connectivity index is 2.84. The molecule has 0 bridgehead atoms. The number of carbonyl (C=O) groups excluding carboxylic acids is 2. The van der Waals surface area contributed by atoms with Crippen molar-refractivity contribution in [3.63, 3.8) is 0 Å². The van der Waals surface area contributed by atoms with Gasteiger partial charge in [0.05, 0.1) is 0 Å². The van der Waals surface area contributed by atoms with Crippen LogP contribution in [0.2, 0.25) is 0 Å². The highest BCUT2D eigenvalue weighted by atomic mass is 16.2. The zero-order chi connectivity index (χ0) is 15.4. The molecule has 1 N–H and O–H groups in total. The van der Waals surface area contributed by atoms with Crippen LogP contribution >= 0.6 is 0 Å². The molecule has 1 fully saturated rings. The first-order valence-corrected chi connectivity index (χ1v) is 7.92. The van der Waals surface area contributed by atoms with Crippen LogP contribution in [0, 0.1) is 11.8 Å². The van der Waals surface area contributed by atoms with Crippen molar-refractivity contribution in [3.8, 4) is 0 Å². The molecule has 4 unspecified atom stereocenters. The summed E-state index contributed by atoms with van der Waals surface area (Å²) in [5.74, 6) is 0.861. The second kappa shape index (κ2) is 7.09. The Morgan fingerprint density at radius 1 is 1.15 bits per heavy atom. The van der Waals surface area contributed by atoms with Gasteiger partial charge in [-0.2, -0.15) is 0 Å².